The topological polar surface area (TPSA) is 62.8 Å². The second kappa shape index (κ2) is 7.91. The number of nitrogens with zero attached hydrogens (tertiary/aromatic N) is 1. The number of aromatic amines is 1. The second-order valence-corrected chi connectivity index (χ2v) is 6.47. The fourth-order valence-corrected chi connectivity index (χ4v) is 2.92. The van der Waals surface area contributed by atoms with E-state index in [9.17, 15) is 9.59 Å². The number of carbonyl (C=O) groups is 1. The van der Waals surface area contributed by atoms with Crippen molar-refractivity contribution in [1.29, 1.82) is 0 Å². The third-order valence-corrected chi connectivity index (χ3v) is 4.52. The van der Waals surface area contributed by atoms with Crippen molar-refractivity contribution in [3.05, 3.63) is 87.8 Å². The minimum atomic E-state index is -0.317. The molecule has 0 fully saturated rings. The lowest BCUT2D eigenvalue weighted by molar-refractivity contribution is 0.0970. The molecule has 3 aromatic rings. The molecular weight excluding hydrogens is 324 g/mol. The van der Waals surface area contributed by atoms with Crippen LogP contribution < -0.4 is 5.56 Å². The van der Waals surface area contributed by atoms with Crippen LogP contribution in [0, 0.1) is 0 Å². The Hall–Kier alpha value is -3.01. The first-order chi connectivity index (χ1) is 12.6. The summed E-state index contributed by atoms with van der Waals surface area (Å²) in [5, 5.41) is 0. The summed E-state index contributed by atoms with van der Waals surface area (Å²) in [6.07, 6.45) is 1.31. The SMILES string of the molecule is CCc1ccc(C(C)CC(=O)c2cc(=O)[nH]c(-c3ccccc3)n2)cc1. The Labute approximate surface area is 152 Å². The van der Waals surface area contributed by atoms with Crippen LogP contribution in [0.5, 0.6) is 0 Å². The third-order valence-electron chi connectivity index (χ3n) is 4.52. The Kier molecular flexibility index (Phi) is 5.42. The van der Waals surface area contributed by atoms with Crippen LogP contribution >= 0.6 is 0 Å². The average molecular weight is 346 g/mol. The highest BCUT2D eigenvalue weighted by molar-refractivity contribution is 5.95. The molecule has 0 bridgehead atoms. The van der Waals surface area contributed by atoms with Gasteiger partial charge in [0.1, 0.15) is 11.5 Å². The number of ketones is 1. The van der Waals surface area contributed by atoms with E-state index in [0.29, 0.717) is 12.2 Å². The molecule has 4 nitrogen and oxygen atoms in total. The molecule has 0 saturated carbocycles. The Bertz CT molecular complexity index is 944. The van der Waals surface area contributed by atoms with Gasteiger partial charge in [-0.2, -0.15) is 0 Å². The minimum Gasteiger partial charge on any atom is -0.306 e. The summed E-state index contributed by atoms with van der Waals surface area (Å²) < 4.78 is 0. The molecule has 1 heterocycles. The normalized spacial score (nSPS) is 11.9. The smallest absolute Gasteiger partial charge is 0.251 e. The molecule has 0 spiro atoms. The van der Waals surface area contributed by atoms with E-state index in [4.69, 9.17) is 0 Å². The molecule has 26 heavy (non-hydrogen) atoms. The summed E-state index contributed by atoms with van der Waals surface area (Å²) >= 11 is 0. The summed E-state index contributed by atoms with van der Waals surface area (Å²) in [6, 6.07) is 18.9. The standard InChI is InChI=1S/C22H22N2O2/c1-3-16-9-11-17(12-10-16)15(2)13-20(25)19-14-21(26)24-22(23-19)18-7-5-4-6-8-18/h4-12,14-15H,3,13H2,1-2H3,(H,23,24,26). The van der Waals surface area contributed by atoms with Gasteiger partial charge >= 0.3 is 0 Å². The first-order valence-corrected chi connectivity index (χ1v) is 8.85. The van der Waals surface area contributed by atoms with Crippen LogP contribution in [-0.2, 0) is 6.42 Å². The fraction of sp³-hybridized carbons (Fsp3) is 0.227. The molecule has 0 radical (unpaired) electrons. The van der Waals surface area contributed by atoms with Crippen molar-refractivity contribution in [3.63, 3.8) is 0 Å². The summed E-state index contributed by atoms with van der Waals surface area (Å²) in [4.78, 5) is 31.7. The predicted octanol–water partition coefficient (Wildman–Crippen LogP) is 4.38. The Morgan fingerprint density at radius 3 is 2.42 bits per heavy atom. The number of Topliss-reactive ketones (excluding diaryl/α,β-unsaturated/α-hetero) is 1. The quantitative estimate of drug-likeness (QED) is 0.674. The molecule has 1 N–H and O–H groups in total. The van der Waals surface area contributed by atoms with Crippen LogP contribution in [0.15, 0.2) is 65.5 Å². The summed E-state index contributed by atoms with van der Waals surface area (Å²) in [7, 11) is 0. The van der Waals surface area contributed by atoms with Gasteiger partial charge in [-0.25, -0.2) is 4.98 Å². The molecule has 0 aliphatic carbocycles. The van der Waals surface area contributed by atoms with E-state index in [-0.39, 0.29) is 23.0 Å². The summed E-state index contributed by atoms with van der Waals surface area (Å²) in [5.74, 6) is 0.358. The number of rotatable bonds is 6. The number of aromatic nitrogens is 2. The zero-order valence-corrected chi connectivity index (χ0v) is 15.0. The van der Waals surface area contributed by atoms with Gasteiger partial charge in [0.25, 0.3) is 5.56 Å². The number of nitrogens with one attached hydrogen (secondary N) is 1. The highest BCUT2D eigenvalue weighted by atomic mass is 16.1. The maximum absolute atomic E-state index is 12.7. The fourth-order valence-electron chi connectivity index (χ4n) is 2.92. The molecule has 3 rings (SSSR count). The number of H-pyrrole nitrogens is 1. The highest BCUT2D eigenvalue weighted by Crippen LogP contribution is 2.22. The number of hydrogen-bond acceptors (Lipinski definition) is 3. The number of benzene rings is 2. The Balaban J connectivity index is 1.81. The third kappa shape index (κ3) is 4.14. The molecule has 1 unspecified atom stereocenters. The molecular formula is C22H22N2O2. The van der Waals surface area contributed by atoms with Gasteiger partial charge in [0, 0.05) is 18.1 Å². The lowest BCUT2D eigenvalue weighted by Gasteiger charge is -2.12. The average Bonchev–Trinajstić information content (AvgIpc) is 2.68. The van der Waals surface area contributed by atoms with Gasteiger partial charge < -0.3 is 4.98 Å². The number of hydrogen-bond donors (Lipinski definition) is 1. The maximum atomic E-state index is 12.7. The van der Waals surface area contributed by atoms with Gasteiger partial charge in [-0.05, 0) is 23.5 Å². The largest absolute Gasteiger partial charge is 0.306 e. The first kappa shape index (κ1) is 17.8. The van der Waals surface area contributed by atoms with E-state index in [1.54, 1.807) is 0 Å². The summed E-state index contributed by atoms with van der Waals surface area (Å²) in [5.41, 5.74) is 3.06. The van der Waals surface area contributed by atoms with Crippen molar-refractivity contribution in [1.82, 2.24) is 9.97 Å². The lowest BCUT2D eigenvalue weighted by atomic mass is 9.93. The van der Waals surface area contributed by atoms with Crippen LogP contribution in [0.2, 0.25) is 0 Å². The molecule has 1 atom stereocenters. The van der Waals surface area contributed by atoms with Crippen molar-refractivity contribution >= 4 is 5.78 Å². The van der Waals surface area contributed by atoms with Gasteiger partial charge in [-0.15, -0.1) is 0 Å². The minimum absolute atomic E-state index is 0.0645. The van der Waals surface area contributed by atoms with Crippen molar-refractivity contribution in [3.8, 4) is 11.4 Å². The number of aryl methyl sites for hydroxylation is 1. The molecule has 0 saturated heterocycles. The van der Waals surface area contributed by atoms with Crippen LogP contribution in [0.3, 0.4) is 0 Å². The van der Waals surface area contributed by atoms with E-state index < -0.39 is 0 Å². The van der Waals surface area contributed by atoms with Crippen LogP contribution in [0.25, 0.3) is 11.4 Å². The van der Waals surface area contributed by atoms with Crippen molar-refractivity contribution < 1.29 is 4.79 Å². The highest BCUT2D eigenvalue weighted by Gasteiger charge is 2.16. The van der Waals surface area contributed by atoms with Crippen LogP contribution in [-0.4, -0.2) is 15.8 Å². The number of carbonyl (C=O) groups excluding carboxylic acids is 1. The van der Waals surface area contributed by atoms with Gasteiger partial charge in [-0.3, -0.25) is 9.59 Å². The van der Waals surface area contributed by atoms with Crippen molar-refractivity contribution in [2.75, 3.05) is 0 Å². The van der Waals surface area contributed by atoms with Crippen LogP contribution in [0.4, 0.5) is 0 Å². The summed E-state index contributed by atoms with van der Waals surface area (Å²) in [6.45, 7) is 4.13. The van der Waals surface area contributed by atoms with Crippen molar-refractivity contribution in [2.45, 2.75) is 32.6 Å². The van der Waals surface area contributed by atoms with E-state index in [1.165, 1.54) is 11.6 Å². The first-order valence-electron chi connectivity index (χ1n) is 8.85. The monoisotopic (exact) mass is 346 g/mol. The van der Waals surface area contributed by atoms with E-state index >= 15 is 0 Å². The molecule has 132 valence electrons. The van der Waals surface area contributed by atoms with E-state index in [2.05, 4.69) is 41.2 Å². The van der Waals surface area contributed by atoms with Gasteiger partial charge in [0.15, 0.2) is 5.78 Å². The van der Waals surface area contributed by atoms with Gasteiger partial charge in [-0.1, -0.05) is 68.4 Å². The predicted molar refractivity (Wildman–Crippen MR) is 103 cm³/mol. The molecule has 0 aliphatic rings. The van der Waals surface area contributed by atoms with E-state index in [0.717, 1.165) is 17.5 Å². The van der Waals surface area contributed by atoms with Gasteiger partial charge in [0.05, 0.1) is 0 Å². The molecule has 0 aliphatic heterocycles. The van der Waals surface area contributed by atoms with Gasteiger partial charge in [0.2, 0.25) is 0 Å². The second-order valence-electron chi connectivity index (χ2n) is 6.47. The molecule has 2 aromatic carbocycles. The maximum Gasteiger partial charge on any atom is 0.251 e. The molecule has 4 heteroatoms. The van der Waals surface area contributed by atoms with Crippen LogP contribution in [0.1, 0.15) is 47.8 Å². The van der Waals surface area contributed by atoms with E-state index in [1.807, 2.05) is 37.3 Å². The van der Waals surface area contributed by atoms with Crippen molar-refractivity contribution in [2.24, 2.45) is 0 Å². The molecule has 1 aromatic heterocycles. The molecule has 0 amide bonds. The zero-order valence-electron chi connectivity index (χ0n) is 15.0. The lowest BCUT2D eigenvalue weighted by Crippen LogP contribution is -2.15. The Morgan fingerprint density at radius 1 is 1.08 bits per heavy atom. The zero-order chi connectivity index (χ0) is 18.5. The Morgan fingerprint density at radius 2 is 1.77 bits per heavy atom.